The maximum absolute atomic E-state index is 13.4. The van der Waals surface area contributed by atoms with E-state index in [-0.39, 0.29) is 17.1 Å². The molecule has 0 bridgehead atoms. The summed E-state index contributed by atoms with van der Waals surface area (Å²) in [6, 6.07) is 2.46. The van der Waals surface area contributed by atoms with Crippen LogP contribution in [0.25, 0.3) is 0 Å². The SMILES string of the molecule is CCCCOc1c(O)ccc(C=O)c1F. The zero-order valence-electron chi connectivity index (χ0n) is 8.50. The van der Waals surface area contributed by atoms with Crippen LogP contribution in [-0.2, 0) is 0 Å². The van der Waals surface area contributed by atoms with Gasteiger partial charge in [-0.05, 0) is 18.6 Å². The van der Waals surface area contributed by atoms with Gasteiger partial charge in [-0.1, -0.05) is 13.3 Å². The second kappa shape index (κ2) is 5.34. The molecule has 1 aromatic carbocycles. The summed E-state index contributed by atoms with van der Waals surface area (Å²) in [4.78, 5) is 10.4. The molecule has 0 aromatic heterocycles. The van der Waals surface area contributed by atoms with Crippen molar-refractivity contribution >= 4 is 6.29 Å². The molecule has 0 unspecified atom stereocenters. The molecule has 0 saturated carbocycles. The molecule has 0 spiro atoms. The molecule has 1 aromatic rings. The Morgan fingerprint density at radius 2 is 2.27 bits per heavy atom. The lowest BCUT2D eigenvalue weighted by Gasteiger charge is -2.09. The predicted molar refractivity (Wildman–Crippen MR) is 53.9 cm³/mol. The fourth-order valence-corrected chi connectivity index (χ4v) is 1.11. The Kier molecular flexibility index (Phi) is 4.09. The topological polar surface area (TPSA) is 46.5 Å². The molecule has 0 saturated heterocycles. The average molecular weight is 212 g/mol. The Labute approximate surface area is 87.5 Å². The van der Waals surface area contributed by atoms with E-state index in [1.165, 1.54) is 12.1 Å². The molecule has 1 N–H and O–H groups in total. The number of phenols is 1. The van der Waals surface area contributed by atoms with Crippen molar-refractivity contribution in [3.8, 4) is 11.5 Å². The van der Waals surface area contributed by atoms with Gasteiger partial charge < -0.3 is 9.84 Å². The van der Waals surface area contributed by atoms with Crippen LogP contribution in [0.15, 0.2) is 12.1 Å². The van der Waals surface area contributed by atoms with E-state index in [0.29, 0.717) is 12.9 Å². The number of halogens is 1. The standard InChI is InChI=1S/C11H13FO3/c1-2-3-6-15-11-9(14)5-4-8(7-13)10(11)12/h4-5,7,14H,2-3,6H2,1H3. The number of aromatic hydroxyl groups is 1. The molecule has 0 heterocycles. The Hall–Kier alpha value is -1.58. The summed E-state index contributed by atoms with van der Waals surface area (Å²) in [5.74, 6) is -1.33. The van der Waals surface area contributed by atoms with Crippen LogP contribution in [0.4, 0.5) is 4.39 Å². The van der Waals surface area contributed by atoms with Crippen molar-refractivity contribution in [3.63, 3.8) is 0 Å². The van der Waals surface area contributed by atoms with Crippen molar-refractivity contribution in [1.29, 1.82) is 0 Å². The lowest BCUT2D eigenvalue weighted by molar-refractivity contribution is 0.111. The van der Waals surface area contributed by atoms with Gasteiger partial charge in [-0.25, -0.2) is 4.39 Å². The van der Waals surface area contributed by atoms with Crippen LogP contribution in [-0.4, -0.2) is 18.0 Å². The summed E-state index contributed by atoms with van der Waals surface area (Å²) >= 11 is 0. The van der Waals surface area contributed by atoms with Gasteiger partial charge in [-0.3, -0.25) is 4.79 Å². The first-order valence-corrected chi connectivity index (χ1v) is 4.80. The van der Waals surface area contributed by atoms with E-state index in [1.807, 2.05) is 6.92 Å². The van der Waals surface area contributed by atoms with Crippen molar-refractivity contribution < 1.29 is 19.0 Å². The van der Waals surface area contributed by atoms with Crippen molar-refractivity contribution in [2.75, 3.05) is 6.61 Å². The average Bonchev–Trinajstić information content (AvgIpc) is 2.23. The zero-order chi connectivity index (χ0) is 11.3. The number of benzene rings is 1. The number of carbonyl (C=O) groups is 1. The van der Waals surface area contributed by atoms with Crippen LogP contribution >= 0.6 is 0 Å². The van der Waals surface area contributed by atoms with Crippen LogP contribution in [0, 0.1) is 5.82 Å². The highest BCUT2D eigenvalue weighted by molar-refractivity contribution is 5.77. The molecule has 0 atom stereocenters. The monoisotopic (exact) mass is 212 g/mol. The molecule has 1 rings (SSSR count). The molecule has 0 aliphatic heterocycles. The number of phenolic OH excluding ortho intramolecular Hbond substituents is 1. The molecular formula is C11H13FO3. The number of aldehydes is 1. The van der Waals surface area contributed by atoms with Gasteiger partial charge in [-0.15, -0.1) is 0 Å². The highest BCUT2D eigenvalue weighted by Gasteiger charge is 2.13. The molecule has 0 aliphatic rings. The highest BCUT2D eigenvalue weighted by Crippen LogP contribution is 2.30. The van der Waals surface area contributed by atoms with Gasteiger partial charge in [-0.2, -0.15) is 0 Å². The Bertz CT molecular complexity index is 350. The molecular weight excluding hydrogens is 199 g/mol. The van der Waals surface area contributed by atoms with Crippen molar-refractivity contribution in [3.05, 3.63) is 23.5 Å². The van der Waals surface area contributed by atoms with E-state index in [0.717, 1.165) is 12.8 Å². The molecule has 3 nitrogen and oxygen atoms in total. The minimum absolute atomic E-state index is 0.112. The summed E-state index contributed by atoms with van der Waals surface area (Å²) in [5.41, 5.74) is -0.112. The van der Waals surface area contributed by atoms with E-state index in [4.69, 9.17) is 4.74 Å². The third-order valence-corrected chi connectivity index (χ3v) is 1.98. The van der Waals surface area contributed by atoms with E-state index >= 15 is 0 Å². The van der Waals surface area contributed by atoms with Gasteiger partial charge in [0.2, 0.25) is 0 Å². The molecule has 15 heavy (non-hydrogen) atoms. The van der Waals surface area contributed by atoms with Crippen LogP contribution in [0.2, 0.25) is 0 Å². The Balaban J connectivity index is 2.89. The molecule has 0 fully saturated rings. The predicted octanol–water partition coefficient (Wildman–Crippen LogP) is 2.52. The third-order valence-electron chi connectivity index (χ3n) is 1.98. The number of ether oxygens (including phenoxy) is 1. The normalized spacial score (nSPS) is 10.0. The van der Waals surface area contributed by atoms with Crippen molar-refractivity contribution in [1.82, 2.24) is 0 Å². The number of carbonyl (C=O) groups excluding carboxylic acids is 1. The van der Waals surface area contributed by atoms with E-state index in [9.17, 15) is 14.3 Å². The first-order chi connectivity index (χ1) is 7.20. The minimum atomic E-state index is -0.805. The summed E-state index contributed by atoms with van der Waals surface area (Å²) < 4.78 is 18.5. The summed E-state index contributed by atoms with van der Waals surface area (Å²) in [6.07, 6.45) is 2.07. The second-order valence-corrected chi connectivity index (χ2v) is 3.14. The number of hydrogen-bond donors (Lipinski definition) is 1. The van der Waals surface area contributed by atoms with Gasteiger partial charge >= 0.3 is 0 Å². The molecule has 0 amide bonds. The summed E-state index contributed by atoms with van der Waals surface area (Å²) in [7, 11) is 0. The van der Waals surface area contributed by atoms with Crippen molar-refractivity contribution in [2.24, 2.45) is 0 Å². The summed E-state index contributed by atoms with van der Waals surface area (Å²) in [5, 5.41) is 9.33. The zero-order valence-corrected chi connectivity index (χ0v) is 8.50. The summed E-state index contributed by atoms with van der Waals surface area (Å²) in [6.45, 7) is 2.30. The first kappa shape index (κ1) is 11.5. The largest absolute Gasteiger partial charge is 0.504 e. The van der Waals surface area contributed by atoms with Crippen molar-refractivity contribution in [2.45, 2.75) is 19.8 Å². The number of hydrogen-bond acceptors (Lipinski definition) is 3. The van der Waals surface area contributed by atoms with Crippen LogP contribution in [0.1, 0.15) is 30.1 Å². The first-order valence-electron chi connectivity index (χ1n) is 4.80. The third kappa shape index (κ3) is 2.68. The maximum Gasteiger partial charge on any atom is 0.197 e. The number of unbranched alkanes of at least 4 members (excludes halogenated alkanes) is 1. The van der Waals surface area contributed by atoms with Gasteiger partial charge in [0.1, 0.15) is 0 Å². The van der Waals surface area contributed by atoms with Crippen LogP contribution < -0.4 is 4.74 Å². The van der Waals surface area contributed by atoms with E-state index < -0.39 is 5.82 Å². The molecule has 0 radical (unpaired) electrons. The Morgan fingerprint density at radius 3 is 2.87 bits per heavy atom. The van der Waals surface area contributed by atoms with Gasteiger partial charge in [0.15, 0.2) is 23.6 Å². The van der Waals surface area contributed by atoms with Gasteiger partial charge in [0.05, 0.1) is 12.2 Å². The van der Waals surface area contributed by atoms with Gasteiger partial charge in [0, 0.05) is 0 Å². The quantitative estimate of drug-likeness (QED) is 0.602. The smallest absolute Gasteiger partial charge is 0.197 e. The van der Waals surface area contributed by atoms with Gasteiger partial charge in [0.25, 0.3) is 0 Å². The maximum atomic E-state index is 13.4. The Morgan fingerprint density at radius 1 is 1.53 bits per heavy atom. The molecule has 0 aliphatic carbocycles. The van der Waals surface area contributed by atoms with E-state index in [2.05, 4.69) is 0 Å². The highest BCUT2D eigenvalue weighted by atomic mass is 19.1. The number of rotatable bonds is 5. The fourth-order valence-electron chi connectivity index (χ4n) is 1.11. The lowest BCUT2D eigenvalue weighted by atomic mass is 10.2. The fraction of sp³-hybridized carbons (Fsp3) is 0.364. The second-order valence-electron chi connectivity index (χ2n) is 3.14. The van der Waals surface area contributed by atoms with Crippen LogP contribution in [0.3, 0.4) is 0 Å². The molecule has 4 heteroatoms. The molecule has 82 valence electrons. The van der Waals surface area contributed by atoms with E-state index in [1.54, 1.807) is 0 Å². The van der Waals surface area contributed by atoms with Crippen LogP contribution in [0.5, 0.6) is 11.5 Å². The lowest BCUT2D eigenvalue weighted by Crippen LogP contribution is -2.01. The minimum Gasteiger partial charge on any atom is -0.504 e.